The van der Waals surface area contributed by atoms with Crippen molar-refractivity contribution in [1.82, 2.24) is 15.5 Å². The van der Waals surface area contributed by atoms with Gasteiger partial charge in [0.1, 0.15) is 5.75 Å². The predicted molar refractivity (Wildman–Crippen MR) is 110 cm³/mol. The summed E-state index contributed by atoms with van der Waals surface area (Å²) >= 11 is 0. The second-order valence-electron chi connectivity index (χ2n) is 8.13. The van der Waals surface area contributed by atoms with Gasteiger partial charge in [0.05, 0.1) is 0 Å². The molecule has 2 N–H and O–H groups in total. The lowest BCUT2D eigenvalue weighted by Gasteiger charge is -2.30. The van der Waals surface area contributed by atoms with E-state index in [4.69, 9.17) is 4.74 Å². The van der Waals surface area contributed by atoms with Gasteiger partial charge in [-0.2, -0.15) is 0 Å². The lowest BCUT2D eigenvalue weighted by Crippen LogP contribution is -2.51. The minimum atomic E-state index is -0.0531. The van der Waals surface area contributed by atoms with Gasteiger partial charge in [0.15, 0.2) is 6.61 Å². The summed E-state index contributed by atoms with van der Waals surface area (Å²) in [6.45, 7) is 8.68. The Morgan fingerprint density at radius 2 is 1.82 bits per heavy atom. The second-order valence-corrected chi connectivity index (χ2v) is 8.13. The molecule has 0 aliphatic carbocycles. The molecule has 6 heteroatoms. The van der Waals surface area contributed by atoms with Crippen LogP contribution < -0.4 is 15.4 Å². The van der Waals surface area contributed by atoms with Crippen molar-refractivity contribution in [3.05, 3.63) is 28.8 Å². The van der Waals surface area contributed by atoms with Crippen LogP contribution >= 0.6 is 0 Å². The van der Waals surface area contributed by atoms with E-state index in [1.807, 2.05) is 30.9 Å². The third-order valence-electron chi connectivity index (χ3n) is 5.85. The largest absolute Gasteiger partial charge is 0.483 e. The molecule has 2 atom stereocenters. The first kappa shape index (κ1) is 20.6. The smallest absolute Gasteiger partial charge is 0.260 e. The molecule has 0 aromatic heterocycles. The minimum Gasteiger partial charge on any atom is -0.483 e. The Morgan fingerprint density at radius 3 is 2.46 bits per heavy atom. The molecule has 2 unspecified atom stereocenters. The van der Waals surface area contributed by atoms with E-state index < -0.39 is 0 Å². The van der Waals surface area contributed by atoms with Crippen molar-refractivity contribution in [1.29, 1.82) is 0 Å². The van der Waals surface area contributed by atoms with Gasteiger partial charge in [-0.1, -0.05) is 0 Å². The number of ether oxygens (including phenoxy) is 1. The predicted octanol–water partition coefficient (Wildman–Crippen LogP) is 2.57. The molecule has 0 bridgehead atoms. The third kappa shape index (κ3) is 5.04. The highest BCUT2D eigenvalue weighted by molar-refractivity contribution is 5.95. The maximum Gasteiger partial charge on any atom is 0.260 e. The number of amides is 2. The number of benzene rings is 1. The molecule has 2 fully saturated rings. The van der Waals surface area contributed by atoms with E-state index in [2.05, 4.69) is 17.6 Å². The highest BCUT2D eigenvalue weighted by atomic mass is 16.5. The van der Waals surface area contributed by atoms with E-state index in [0.29, 0.717) is 11.3 Å². The molecule has 28 heavy (non-hydrogen) atoms. The molecule has 1 aromatic carbocycles. The highest BCUT2D eigenvalue weighted by Gasteiger charge is 2.24. The van der Waals surface area contributed by atoms with Crippen LogP contribution in [-0.4, -0.2) is 55.0 Å². The van der Waals surface area contributed by atoms with Gasteiger partial charge in [0, 0.05) is 30.7 Å². The van der Waals surface area contributed by atoms with Gasteiger partial charge in [-0.15, -0.1) is 0 Å². The molecule has 0 radical (unpaired) electrons. The Labute approximate surface area is 168 Å². The van der Waals surface area contributed by atoms with Crippen molar-refractivity contribution < 1.29 is 14.3 Å². The standard InChI is InChI=1S/C22H33N3O3/c1-15-12-18(22(27)24-19-8-7-9-23-17(19)3)13-16(2)21(15)28-14-20(26)25-10-5-4-6-11-25/h12-13,17,19,23H,4-11,14H2,1-3H3,(H,24,27). The zero-order valence-electron chi connectivity index (χ0n) is 17.3. The van der Waals surface area contributed by atoms with Crippen LogP contribution in [0.15, 0.2) is 12.1 Å². The number of hydrogen-bond donors (Lipinski definition) is 2. The molecule has 2 aliphatic rings. The molecule has 0 saturated carbocycles. The first-order valence-electron chi connectivity index (χ1n) is 10.5. The van der Waals surface area contributed by atoms with E-state index >= 15 is 0 Å². The van der Waals surface area contributed by atoms with Crippen molar-refractivity contribution in [3.8, 4) is 5.75 Å². The average molecular weight is 388 g/mol. The fraction of sp³-hybridized carbons (Fsp3) is 0.636. The maximum atomic E-state index is 12.7. The summed E-state index contributed by atoms with van der Waals surface area (Å²) in [6, 6.07) is 4.14. The van der Waals surface area contributed by atoms with Crippen LogP contribution in [0.2, 0.25) is 0 Å². The Bertz CT molecular complexity index is 690. The van der Waals surface area contributed by atoms with E-state index in [0.717, 1.165) is 56.4 Å². The normalized spacial score (nSPS) is 22.6. The molecular weight excluding hydrogens is 354 g/mol. The fourth-order valence-electron chi connectivity index (χ4n) is 4.17. The Morgan fingerprint density at radius 1 is 1.14 bits per heavy atom. The third-order valence-corrected chi connectivity index (χ3v) is 5.85. The van der Waals surface area contributed by atoms with Gasteiger partial charge in [0.2, 0.25) is 0 Å². The van der Waals surface area contributed by atoms with Crippen molar-refractivity contribution in [2.45, 2.75) is 65.0 Å². The SMILES string of the molecule is Cc1cc(C(=O)NC2CCCNC2C)cc(C)c1OCC(=O)N1CCCCC1. The molecule has 2 saturated heterocycles. The van der Waals surface area contributed by atoms with Crippen molar-refractivity contribution in [2.24, 2.45) is 0 Å². The number of carbonyl (C=O) groups excluding carboxylic acids is 2. The lowest BCUT2D eigenvalue weighted by molar-refractivity contribution is -0.134. The van der Waals surface area contributed by atoms with E-state index in [1.54, 1.807) is 0 Å². The summed E-state index contributed by atoms with van der Waals surface area (Å²) in [5.74, 6) is 0.691. The summed E-state index contributed by atoms with van der Waals surface area (Å²) in [5, 5.41) is 6.55. The van der Waals surface area contributed by atoms with Crippen LogP contribution in [0.4, 0.5) is 0 Å². The van der Waals surface area contributed by atoms with Gasteiger partial charge < -0.3 is 20.3 Å². The second kappa shape index (κ2) is 9.41. The minimum absolute atomic E-state index is 0.0408. The lowest BCUT2D eigenvalue weighted by atomic mass is 9.99. The summed E-state index contributed by atoms with van der Waals surface area (Å²) in [4.78, 5) is 26.9. The van der Waals surface area contributed by atoms with Crippen molar-refractivity contribution >= 4 is 11.8 Å². The summed E-state index contributed by atoms with van der Waals surface area (Å²) < 4.78 is 5.85. The molecule has 3 rings (SSSR count). The van der Waals surface area contributed by atoms with Crippen LogP contribution in [0, 0.1) is 13.8 Å². The number of nitrogens with zero attached hydrogens (tertiary/aromatic N) is 1. The molecular formula is C22H33N3O3. The monoisotopic (exact) mass is 387 g/mol. The summed E-state index contributed by atoms with van der Waals surface area (Å²) in [6.07, 6.45) is 5.41. The molecule has 0 spiro atoms. The Hall–Kier alpha value is -2.08. The fourth-order valence-corrected chi connectivity index (χ4v) is 4.17. The van der Waals surface area contributed by atoms with E-state index in [9.17, 15) is 9.59 Å². The van der Waals surface area contributed by atoms with Crippen molar-refractivity contribution in [3.63, 3.8) is 0 Å². The van der Waals surface area contributed by atoms with Crippen molar-refractivity contribution in [2.75, 3.05) is 26.2 Å². The Balaban J connectivity index is 1.61. The number of piperidine rings is 2. The number of carbonyl (C=O) groups is 2. The Kier molecular flexibility index (Phi) is 6.94. The van der Waals surface area contributed by atoms with Crippen LogP contribution in [0.5, 0.6) is 5.75 Å². The number of hydrogen-bond acceptors (Lipinski definition) is 4. The van der Waals surface area contributed by atoms with Crippen LogP contribution in [0.1, 0.15) is 60.5 Å². The van der Waals surface area contributed by atoms with Gasteiger partial charge in [-0.3, -0.25) is 9.59 Å². The van der Waals surface area contributed by atoms with Gasteiger partial charge in [-0.05, 0) is 82.7 Å². The van der Waals surface area contributed by atoms with E-state index in [1.165, 1.54) is 6.42 Å². The van der Waals surface area contributed by atoms with Crippen LogP contribution in [-0.2, 0) is 4.79 Å². The van der Waals surface area contributed by atoms with Gasteiger partial charge in [-0.25, -0.2) is 0 Å². The molecule has 154 valence electrons. The molecule has 2 amide bonds. The quantitative estimate of drug-likeness (QED) is 0.815. The van der Waals surface area contributed by atoms with Crippen LogP contribution in [0.3, 0.4) is 0 Å². The zero-order valence-corrected chi connectivity index (χ0v) is 17.3. The summed E-state index contributed by atoms with van der Waals surface area (Å²) in [5.41, 5.74) is 2.40. The highest BCUT2D eigenvalue weighted by Crippen LogP contribution is 2.25. The number of nitrogens with one attached hydrogen (secondary N) is 2. The molecule has 6 nitrogen and oxygen atoms in total. The molecule has 2 heterocycles. The number of rotatable bonds is 5. The van der Waals surface area contributed by atoms with Crippen LogP contribution in [0.25, 0.3) is 0 Å². The molecule has 2 aliphatic heterocycles. The molecule has 1 aromatic rings. The van der Waals surface area contributed by atoms with Gasteiger partial charge >= 0.3 is 0 Å². The average Bonchev–Trinajstić information content (AvgIpc) is 2.69. The van der Waals surface area contributed by atoms with Gasteiger partial charge in [0.25, 0.3) is 11.8 Å². The number of aryl methyl sites for hydroxylation is 2. The first-order valence-corrected chi connectivity index (χ1v) is 10.5. The maximum absolute atomic E-state index is 12.7. The zero-order chi connectivity index (χ0) is 20.1. The first-order chi connectivity index (χ1) is 13.5. The number of likely N-dealkylation sites (tertiary alicyclic amines) is 1. The topological polar surface area (TPSA) is 70.7 Å². The van der Waals surface area contributed by atoms with E-state index in [-0.39, 0.29) is 30.5 Å². The summed E-state index contributed by atoms with van der Waals surface area (Å²) in [7, 11) is 0.